The molecule has 5 rings (SSSR count). The summed E-state index contributed by atoms with van der Waals surface area (Å²) in [5, 5.41) is 0. The van der Waals surface area contributed by atoms with Crippen molar-refractivity contribution < 1.29 is 19.0 Å². The minimum Gasteiger partial charge on any atom is -0.497 e. The van der Waals surface area contributed by atoms with E-state index in [9.17, 15) is 4.79 Å². The lowest BCUT2D eigenvalue weighted by atomic mass is 10.0. The van der Waals surface area contributed by atoms with Gasteiger partial charge in [0.25, 0.3) is 0 Å². The highest BCUT2D eigenvalue weighted by molar-refractivity contribution is 8.18. The quantitative estimate of drug-likeness (QED) is 0.199. The summed E-state index contributed by atoms with van der Waals surface area (Å²) in [6.07, 6.45) is 0.619. The van der Waals surface area contributed by atoms with Crippen molar-refractivity contribution >= 4 is 52.2 Å². The molecule has 1 aliphatic heterocycles. The third-order valence-corrected chi connectivity index (χ3v) is 12.3. The molecule has 2 aromatic heterocycles. The van der Waals surface area contributed by atoms with Gasteiger partial charge in [0, 0.05) is 38.1 Å². The molecule has 0 aliphatic carbocycles. The van der Waals surface area contributed by atoms with Crippen molar-refractivity contribution in [3.63, 3.8) is 0 Å². The zero-order chi connectivity index (χ0) is 25.8. The number of carbonyl (C=O) groups is 1. The van der Waals surface area contributed by atoms with Crippen molar-refractivity contribution in [1.29, 1.82) is 0 Å². The van der Waals surface area contributed by atoms with E-state index in [0.717, 1.165) is 23.5 Å². The number of ether oxygens (including phenoxy) is 3. The molecule has 8 heteroatoms. The Bertz CT molecular complexity index is 1330. The molecule has 1 unspecified atom stereocenters. The van der Waals surface area contributed by atoms with Crippen LogP contribution in [0.2, 0.25) is 0 Å². The number of thioether (sulfide) groups is 2. The minimum atomic E-state index is -0.501. The molecule has 0 saturated carbocycles. The maximum atomic E-state index is 12.4. The van der Waals surface area contributed by atoms with Gasteiger partial charge in [-0.05, 0) is 59.9 Å². The number of carbonyl (C=O) groups excluding carboxylic acids is 1. The summed E-state index contributed by atoms with van der Waals surface area (Å²) in [7, 11) is 3.27. The molecule has 1 saturated heterocycles. The van der Waals surface area contributed by atoms with Gasteiger partial charge < -0.3 is 14.2 Å². The molecule has 1 atom stereocenters. The van der Waals surface area contributed by atoms with E-state index in [1.54, 1.807) is 36.9 Å². The molecular formula is C29H28O4S4. The Morgan fingerprint density at radius 2 is 1.43 bits per heavy atom. The van der Waals surface area contributed by atoms with Gasteiger partial charge in [-0.25, -0.2) is 0 Å². The van der Waals surface area contributed by atoms with Gasteiger partial charge in [0.05, 0.1) is 14.2 Å². The number of methoxy groups -OCH3 is 2. The van der Waals surface area contributed by atoms with E-state index < -0.39 is 10.2 Å². The second-order valence-corrected chi connectivity index (χ2v) is 13.7. The molecule has 0 amide bonds. The van der Waals surface area contributed by atoms with Crippen LogP contribution in [-0.4, -0.2) is 31.7 Å². The molecule has 0 N–H and O–H groups in total. The van der Waals surface area contributed by atoms with Gasteiger partial charge in [0.2, 0.25) is 0 Å². The second-order valence-electron chi connectivity index (χ2n) is 8.55. The van der Waals surface area contributed by atoms with Crippen LogP contribution in [0.3, 0.4) is 0 Å². The number of benzene rings is 2. The largest absolute Gasteiger partial charge is 0.497 e. The van der Waals surface area contributed by atoms with E-state index in [1.165, 1.54) is 32.0 Å². The molecule has 192 valence electrons. The monoisotopic (exact) mass is 568 g/mol. The van der Waals surface area contributed by atoms with Gasteiger partial charge in [0.15, 0.2) is 6.10 Å². The summed E-state index contributed by atoms with van der Waals surface area (Å²) in [6.45, 7) is 1.48. The van der Waals surface area contributed by atoms with Gasteiger partial charge in [-0.15, -0.1) is 46.2 Å². The predicted octanol–water partition coefficient (Wildman–Crippen LogP) is 8.49. The first kappa shape index (κ1) is 26.2. The predicted molar refractivity (Wildman–Crippen MR) is 158 cm³/mol. The van der Waals surface area contributed by atoms with Crippen LogP contribution in [0.25, 0.3) is 20.2 Å². The zero-order valence-corrected chi connectivity index (χ0v) is 24.2. The fourth-order valence-electron chi connectivity index (χ4n) is 4.37. The maximum absolute atomic E-state index is 12.4. The Labute approximate surface area is 234 Å². The Kier molecular flexibility index (Phi) is 8.19. The fourth-order valence-corrected chi connectivity index (χ4v) is 10.4. The molecule has 0 bridgehead atoms. The van der Waals surface area contributed by atoms with Crippen molar-refractivity contribution in [2.75, 3.05) is 25.7 Å². The van der Waals surface area contributed by atoms with Crippen LogP contribution in [0.1, 0.15) is 29.9 Å². The van der Waals surface area contributed by atoms with Gasteiger partial charge in [-0.1, -0.05) is 30.3 Å². The summed E-state index contributed by atoms with van der Waals surface area (Å²) < 4.78 is 16.8. The minimum absolute atomic E-state index is 0.305. The van der Waals surface area contributed by atoms with Crippen LogP contribution >= 0.6 is 46.2 Å². The summed E-state index contributed by atoms with van der Waals surface area (Å²) in [5.41, 5.74) is 2.10. The van der Waals surface area contributed by atoms with Crippen LogP contribution in [0, 0.1) is 0 Å². The molecule has 1 fully saturated rings. The van der Waals surface area contributed by atoms with Crippen LogP contribution in [-0.2, 0) is 13.6 Å². The molecule has 4 nitrogen and oxygen atoms in total. The molecule has 3 heterocycles. The van der Waals surface area contributed by atoms with E-state index >= 15 is 0 Å². The SMILES string of the molecule is COc1cc(OC)cc(C(OC(C)=O)C2(c3ccc(-c4ccc(-c5ccccc5)s4)s3)SCCCS2)c1. The third-order valence-electron chi connectivity index (χ3n) is 6.08. The van der Waals surface area contributed by atoms with Crippen LogP contribution < -0.4 is 9.47 Å². The van der Waals surface area contributed by atoms with Gasteiger partial charge >= 0.3 is 5.97 Å². The van der Waals surface area contributed by atoms with E-state index in [-0.39, 0.29) is 5.97 Å². The summed E-state index contributed by atoms with van der Waals surface area (Å²) in [6, 6.07) is 25.0. The second kappa shape index (κ2) is 11.6. The Balaban J connectivity index is 1.56. The van der Waals surface area contributed by atoms with Gasteiger partial charge in [-0.2, -0.15) is 0 Å². The van der Waals surface area contributed by atoms with Crippen LogP contribution in [0.4, 0.5) is 0 Å². The maximum Gasteiger partial charge on any atom is 0.303 e. The van der Waals surface area contributed by atoms with Gasteiger partial charge in [-0.3, -0.25) is 4.79 Å². The highest BCUT2D eigenvalue weighted by Crippen LogP contribution is 2.61. The average Bonchev–Trinajstić information content (AvgIpc) is 3.63. The topological polar surface area (TPSA) is 44.8 Å². The number of hydrogen-bond acceptors (Lipinski definition) is 8. The fraction of sp³-hybridized carbons (Fsp3) is 0.276. The van der Waals surface area contributed by atoms with E-state index in [1.807, 2.05) is 47.8 Å². The van der Waals surface area contributed by atoms with Crippen LogP contribution in [0.5, 0.6) is 11.5 Å². The first-order valence-electron chi connectivity index (χ1n) is 12.0. The van der Waals surface area contributed by atoms with E-state index in [4.69, 9.17) is 14.2 Å². The van der Waals surface area contributed by atoms with Crippen molar-refractivity contribution in [2.45, 2.75) is 23.5 Å². The molecule has 2 aromatic carbocycles. The standard InChI is InChI=1S/C29H28O4S4/c1-19(30)33-28(21-16-22(31-2)18-23(17-21)32-3)29(34-14-7-15-35-29)27-13-12-26(37-27)25-11-10-24(36-25)20-8-5-4-6-9-20/h4-6,8-13,16-18,28H,7,14-15H2,1-3H3. The van der Waals surface area contributed by atoms with Crippen LogP contribution in [0.15, 0.2) is 72.8 Å². The number of rotatable bonds is 8. The zero-order valence-electron chi connectivity index (χ0n) is 20.9. The van der Waals surface area contributed by atoms with Gasteiger partial charge in [0.1, 0.15) is 15.6 Å². The number of esters is 1. The molecule has 4 aromatic rings. The molecule has 0 radical (unpaired) electrons. The summed E-state index contributed by atoms with van der Waals surface area (Å²) in [5.74, 6) is 3.03. The number of thiophene rings is 2. The highest BCUT2D eigenvalue weighted by Gasteiger charge is 2.48. The summed E-state index contributed by atoms with van der Waals surface area (Å²) in [4.78, 5) is 17.3. The number of hydrogen-bond donors (Lipinski definition) is 0. The molecular weight excluding hydrogens is 541 g/mol. The molecule has 0 spiro atoms. The Hall–Kier alpha value is -2.39. The lowest BCUT2D eigenvalue weighted by Gasteiger charge is -2.41. The van der Waals surface area contributed by atoms with E-state index in [2.05, 4.69) is 48.5 Å². The first-order valence-corrected chi connectivity index (χ1v) is 15.6. The van der Waals surface area contributed by atoms with E-state index in [0.29, 0.717) is 11.5 Å². The highest BCUT2D eigenvalue weighted by atomic mass is 32.2. The van der Waals surface area contributed by atoms with Crippen molar-refractivity contribution in [1.82, 2.24) is 0 Å². The smallest absolute Gasteiger partial charge is 0.303 e. The lowest BCUT2D eigenvalue weighted by Crippen LogP contribution is -2.32. The molecule has 1 aliphatic rings. The summed E-state index contributed by atoms with van der Waals surface area (Å²) >= 11 is 7.31. The van der Waals surface area contributed by atoms with Crippen molar-refractivity contribution in [3.05, 3.63) is 83.2 Å². The van der Waals surface area contributed by atoms with Crippen molar-refractivity contribution in [2.24, 2.45) is 0 Å². The lowest BCUT2D eigenvalue weighted by molar-refractivity contribution is -0.147. The third kappa shape index (κ3) is 5.58. The Morgan fingerprint density at radius 1 is 0.811 bits per heavy atom. The Morgan fingerprint density at radius 3 is 2.08 bits per heavy atom. The average molecular weight is 569 g/mol. The normalized spacial score (nSPS) is 15.6. The molecule has 37 heavy (non-hydrogen) atoms. The first-order chi connectivity index (χ1) is 18.0. The van der Waals surface area contributed by atoms with Crippen molar-refractivity contribution in [3.8, 4) is 31.7 Å².